The predicted molar refractivity (Wildman–Crippen MR) is 101 cm³/mol. The third kappa shape index (κ3) is 3.14. The standard InChI is InChI=1S/C21H23N3/c1-15(21(2,3)4)24-19-14-17(12-13-18(19)23-20(24)22)11-10-16-8-6-5-7-9-16/h5-9,12-15H,1-4H3,(H2,22,23)/t15-/m1/s1. The van der Waals surface area contributed by atoms with Crippen molar-refractivity contribution in [3.05, 3.63) is 59.7 Å². The summed E-state index contributed by atoms with van der Waals surface area (Å²) in [5, 5.41) is 0. The molecule has 2 N–H and O–H groups in total. The van der Waals surface area contributed by atoms with Gasteiger partial charge in [0.1, 0.15) is 0 Å². The summed E-state index contributed by atoms with van der Waals surface area (Å²) in [5.74, 6) is 6.99. The average Bonchev–Trinajstić information content (AvgIpc) is 2.87. The molecule has 0 amide bonds. The van der Waals surface area contributed by atoms with Gasteiger partial charge < -0.3 is 10.3 Å². The first-order valence-corrected chi connectivity index (χ1v) is 8.21. The lowest BCUT2D eigenvalue weighted by Crippen LogP contribution is -2.22. The van der Waals surface area contributed by atoms with Crippen molar-refractivity contribution in [2.24, 2.45) is 5.41 Å². The molecule has 1 aromatic heterocycles. The van der Waals surface area contributed by atoms with Crippen LogP contribution in [0.2, 0.25) is 0 Å². The fourth-order valence-corrected chi connectivity index (χ4v) is 2.65. The third-order valence-electron chi connectivity index (χ3n) is 4.48. The molecule has 3 heteroatoms. The molecule has 0 spiro atoms. The van der Waals surface area contributed by atoms with Crippen LogP contribution in [0, 0.1) is 17.3 Å². The van der Waals surface area contributed by atoms with E-state index >= 15 is 0 Å². The number of aromatic nitrogens is 2. The minimum absolute atomic E-state index is 0.0907. The van der Waals surface area contributed by atoms with Crippen molar-refractivity contribution < 1.29 is 0 Å². The molecule has 0 fully saturated rings. The van der Waals surface area contributed by atoms with Gasteiger partial charge >= 0.3 is 0 Å². The lowest BCUT2D eigenvalue weighted by atomic mass is 9.88. The van der Waals surface area contributed by atoms with Crippen LogP contribution in [0.15, 0.2) is 48.5 Å². The van der Waals surface area contributed by atoms with Crippen LogP contribution in [-0.4, -0.2) is 9.55 Å². The van der Waals surface area contributed by atoms with Gasteiger partial charge in [0.15, 0.2) is 0 Å². The molecule has 0 aliphatic carbocycles. The van der Waals surface area contributed by atoms with E-state index < -0.39 is 0 Å². The highest BCUT2D eigenvalue weighted by Crippen LogP contribution is 2.34. The minimum Gasteiger partial charge on any atom is -0.369 e. The van der Waals surface area contributed by atoms with E-state index in [9.17, 15) is 0 Å². The normalized spacial score (nSPS) is 12.7. The number of fused-ring (bicyclic) bond motifs is 1. The van der Waals surface area contributed by atoms with Crippen LogP contribution >= 0.6 is 0 Å². The topological polar surface area (TPSA) is 43.8 Å². The van der Waals surface area contributed by atoms with E-state index in [-0.39, 0.29) is 11.5 Å². The van der Waals surface area contributed by atoms with Crippen LogP contribution in [-0.2, 0) is 0 Å². The van der Waals surface area contributed by atoms with Gasteiger partial charge in [0.25, 0.3) is 0 Å². The number of nitrogen functional groups attached to an aromatic ring is 1. The Balaban J connectivity index is 2.06. The molecule has 0 bridgehead atoms. The second-order valence-corrected chi connectivity index (χ2v) is 7.20. The summed E-state index contributed by atoms with van der Waals surface area (Å²) in [6.07, 6.45) is 0. The smallest absolute Gasteiger partial charge is 0.201 e. The fourth-order valence-electron chi connectivity index (χ4n) is 2.65. The van der Waals surface area contributed by atoms with Gasteiger partial charge in [-0.15, -0.1) is 0 Å². The van der Waals surface area contributed by atoms with Gasteiger partial charge in [-0.1, -0.05) is 50.8 Å². The Labute approximate surface area is 143 Å². The van der Waals surface area contributed by atoms with E-state index in [1.54, 1.807) is 0 Å². The van der Waals surface area contributed by atoms with E-state index in [2.05, 4.69) is 55.2 Å². The van der Waals surface area contributed by atoms with E-state index in [0.717, 1.165) is 22.2 Å². The largest absolute Gasteiger partial charge is 0.369 e. The van der Waals surface area contributed by atoms with Crippen LogP contribution < -0.4 is 5.73 Å². The SMILES string of the molecule is C[C@@H](n1c(N)nc2ccc(C#Cc3ccccc3)cc21)C(C)(C)C. The summed E-state index contributed by atoms with van der Waals surface area (Å²) >= 11 is 0. The number of anilines is 1. The molecule has 1 atom stereocenters. The number of hydrogen-bond acceptors (Lipinski definition) is 2. The molecule has 1 heterocycles. The number of nitrogens with zero attached hydrogens (tertiary/aromatic N) is 2. The van der Waals surface area contributed by atoms with Crippen molar-refractivity contribution in [2.45, 2.75) is 33.7 Å². The van der Waals surface area contributed by atoms with Crippen LogP contribution in [0.3, 0.4) is 0 Å². The number of benzene rings is 2. The molecule has 3 rings (SSSR count). The molecule has 0 saturated carbocycles. The first-order valence-electron chi connectivity index (χ1n) is 8.21. The molecule has 0 aliphatic heterocycles. The lowest BCUT2D eigenvalue weighted by Gasteiger charge is -2.29. The van der Waals surface area contributed by atoms with Crippen molar-refractivity contribution in [1.82, 2.24) is 9.55 Å². The van der Waals surface area contributed by atoms with E-state index in [1.165, 1.54) is 0 Å². The van der Waals surface area contributed by atoms with E-state index in [4.69, 9.17) is 5.73 Å². The van der Waals surface area contributed by atoms with Gasteiger partial charge in [0, 0.05) is 17.2 Å². The number of rotatable bonds is 1. The Bertz CT molecular complexity index is 919. The van der Waals surface area contributed by atoms with Gasteiger partial charge in [0.2, 0.25) is 5.95 Å². The highest BCUT2D eigenvalue weighted by molar-refractivity contribution is 5.80. The summed E-state index contributed by atoms with van der Waals surface area (Å²) in [6, 6.07) is 16.3. The molecule has 3 aromatic rings. The molecule has 0 unspecified atom stereocenters. The quantitative estimate of drug-likeness (QED) is 0.665. The average molecular weight is 317 g/mol. The van der Waals surface area contributed by atoms with Gasteiger partial charge in [-0.3, -0.25) is 0 Å². The van der Waals surface area contributed by atoms with Crippen LogP contribution in [0.4, 0.5) is 5.95 Å². The molecule has 24 heavy (non-hydrogen) atoms. The van der Waals surface area contributed by atoms with Crippen LogP contribution in [0.1, 0.15) is 44.9 Å². The summed E-state index contributed by atoms with van der Waals surface area (Å²) < 4.78 is 2.11. The van der Waals surface area contributed by atoms with Crippen LogP contribution in [0.25, 0.3) is 11.0 Å². The highest BCUT2D eigenvalue weighted by atomic mass is 15.2. The zero-order chi connectivity index (χ0) is 17.3. The zero-order valence-electron chi connectivity index (χ0n) is 14.7. The van der Waals surface area contributed by atoms with E-state index in [1.807, 2.05) is 42.5 Å². The molecule has 2 aromatic carbocycles. The first-order chi connectivity index (χ1) is 11.4. The molecule has 122 valence electrons. The molecular formula is C21H23N3. The fraction of sp³-hybridized carbons (Fsp3) is 0.286. The van der Waals surface area contributed by atoms with Crippen molar-refractivity contribution in [2.75, 3.05) is 5.73 Å². The minimum atomic E-state index is 0.0907. The van der Waals surface area contributed by atoms with Gasteiger partial charge in [-0.2, -0.15) is 0 Å². The molecular weight excluding hydrogens is 294 g/mol. The Kier molecular flexibility index (Phi) is 4.07. The van der Waals surface area contributed by atoms with Crippen LogP contribution in [0.5, 0.6) is 0 Å². The molecule has 3 nitrogen and oxygen atoms in total. The van der Waals surface area contributed by atoms with Crippen molar-refractivity contribution in [3.63, 3.8) is 0 Å². The molecule has 0 aliphatic rings. The molecule has 0 radical (unpaired) electrons. The Hall–Kier alpha value is -2.73. The Morgan fingerprint density at radius 1 is 1.00 bits per heavy atom. The summed E-state index contributed by atoms with van der Waals surface area (Å²) in [5.41, 5.74) is 10.2. The highest BCUT2D eigenvalue weighted by Gasteiger charge is 2.25. The van der Waals surface area contributed by atoms with Crippen molar-refractivity contribution in [3.8, 4) is 11.8 Å². The van der Waals surface area contributed by atoms with Crippen molar-refractivity contribution >= 4 is 17.0 Å². The van der Waals surface area contributed by atoms with Gasteiger partial charge in [-0.05, 0) is 42.7 Å². The maximum atomic E-state index is 6.18. The second kappa shape index (κ2) is 6.05. The monoisotopic (exact) mass is 317 g/mol. The summed E-state index contributed by atoms with van der Waals surface area (Å²) in [4.78, 5) is 4.50. The number of imidazole rings is 1. The third-order valence-corrected chi connectivity index (χ3v) is 4.48. The first kappa shape index (κ1) is 16.1. The Morgan fingerprint density at radius 3 is 2.33 bits per heavy atom. The molecule has 0 saturated heterocycles. The Morgan fingerprint density at radius 2 is 1.67 bits per heavy atom. The van der Waals surface area contributed by atoms with Crippen molar-refractivity contribution in [1.29, 1.82) is 0 Å². The maximum Gasteiger partial charge on any atom is 0.201 e. The zero-order valence-corrected chi connectivity index (χ0v) is 14.7. The van der Waals surface area contributed by atoms with Gasteiger partial charge in [0.05, 0.1) is 11.0 Å². The maximum absolute atomic E-state index is 6.18. The van der Waals surface area contributed by atoms with Gasteiger partial charge in [-0.25, -0.2) is 4.98 Å². The summed E-state index contributed by atoms with van der Waals surface area (Å²) in [7, 11) is 0. The lowest BCUT2D eigenvalue weighted by molar-refractivity contribution is 0.270. The van der Waals surface area contributed by atoms with E-state index in [0.29, 0.717) is 5.95 Å². The number of nitrogens with two attached hydrogens (primary N) is 1. The predicted octanol–water partition coefficient (Wildman–Crippen LogP) is 4.63. The second-order valence-electron chi connectivity index (χ2n) is 7.20. The summed E-state index contributed by atoms with van der Waals surface area (Å²) in [6.45, 7) is 8.81. The number of hydrogen-bond donors (Lipinski definition) is 1.